The van der Waals surface area contributed by atoms with Crippen molar-refractivity contribution in [3.8, 4) is 0 Å². The summed E-state index contributed by atoms with van der Waals surface area (Å²) in [6.45, 7) is 2.83. The van der Waals surface area contributed by atoms with Crippen LogP contribution in [0.3, 0.4) is 0 Å². The van der Waals surface area contributed by atoms with Crippen LogP contribution in [0.5, 0.6) is 0 Å². The fraction of sp³-hybridized carbons (Fsp3) is 0.533. The molecule has 1 unspecified atom stereocenters. The highest BCUT2D eigenvalue weighted by Crippen LogP contribution is 2.36. The van der Waals surface area contributed by atoms with Crippen LogP contribution in [0.1, 0.15) is 30.4 Å². The second-order valence-electron chi connectivity index (χ2n) is 5.11. The van der Waals surface area contributed by atoms with E-state index >= 15 is 0 Å². The van der Waals surface area contributed by atoms with Gasteiger partial charge in [0.25, 0.3) is 0 Å². The van der Waals surface area contributed by atoms with Crippen molar-refractivity contribution in [1.82, 2.24) is 10.2 Å². The van der Waals surface area contributed by atoms with Crippen molar-refractivity contribution in [2.75, 3.05) is 27.2 Å². The quantitative estimate of drug-likeness (QED) is 0.876. The molecule has 6 heteroatoms. The Labute approximate surface area is 123 Å². The lowest BCUT2D eigenvalue weighted by Gasteiger charge is -2.21. The number of rotatable bonds is 6. The molecule has 1 amide bonds. The molecule has 1 atom stereocenters. The van der Waals surface area contributed by atoms with E-state index in [9.17, 15) is 18.0 Å². The Bertz CT molecular complexity index is 474. The highest BCUT2D eigenvalue weighted by molar-refractivity contribution is 5.76. The molecule has 0 radical (unpaired) electrons. The summed E-state index contributed by atoms with van der Waals surface area (Å²) in [4.78, 5) is 13.5. The minimum Gasteiger partial charge on any atom is -0.344 e. The van der Waals surface area contributed by atoms with Gasteiger partial charge in [0.2, 0.25) is 5.91 Å². The van der Waals surface area contributed by atoms with E-state index in [2.05, 4.69) is 5.32 Å². The van der Waals surface area contributed by atoms with E-state index in [0.717, 1.165) is 6.07 Å². The van der Waals surface area contributed by atoms with Gasteiger partial charge in [-0.1, -0.05) is 25.1 Å². The smallest absolute Gasteiger partial charge is 0.344 e. The average Bonchev–Trinajstić information content (AvgIpc) is 2.43. The summed E-state index contributed by atoms with van der Waals surface area (Å²) in [7, 11) is 3.43. The van der Waals surface area contributed by atoms with Crippen molar-refractivity contribution >= 4 is 5.91 Å². The fourth-order valence-electron chi connectivity index (χ4n) is 2.12. The van der Waals surface area contributed by atoms with Gasteiger partial charge >= 0.3 is 6.18 Å². The molecule has 0 aliphatic rings. The second-order valence-corrected chi connectivity index (χ2v) is 5.11. The van der Waals surface area contributed by atoms with Crippen molar-refractivity contribution in [2.45, 2.75) is 25.4 Å². The van der Waals surface area contributed by atoms with Crippen molar-refractivity contribution < 1.29 is 18.0 Å². The van der Waals surface area contributed by atoms with Gasteiger partial charge in [-0.2, -0.15) is 13.2 Å². The maximum Gasteiger partial charge on any atom is 0.416 e. The van der Waals surface area contributed by atoms with Gasteiger partial charge in [-0.25, -0.2) is 0 Å². The Hall–Kier alpha value is -1.56. The predicted octanol–water partition coefficient (Wildman–Crippen LogP) is 2.88. The fourth-order valence-corrected chi connectivity index (χ4v) is 2.12. The molecule has 3 nitrogen and oxygen atoms in total. The number of benzene rings is 1. The first kappa shape index (κ1) is 17.5. The molecular formula is C15H21F3N2O. The van der Waals surface area contributed by atoms with Gasteiger partial charge < -0.3 is 10.2 Å². The van der Waals surface area contributed by atoms with Gasteiger partial charge in [0, 0.05) is 26.6 Å². The minimum absolute atomic E-state index is 0.0628. The van der Waals surface area contributed by atoms with Crippen LogP contribution in [0.15, 0.2) is 24.3 Å². The lowest BCUT2D eigenvalue weighted by molar-refractivity contribution is -0.139. The Kier molecular flexibility index (Phi) is 6.20. The molecular weight excluding hydrogens is 281 g/mol. The van der Waals surface area contributed by atoms with Crippen molar-refractivity contribution in [1.29, 1.82) is 0 Å². The standard InChI is InChI=1S/C15H21F3N2O/c1-11(10-14(21)20(3)9-8-19-2)12-6-4-5-7-13(12)15(16,17)18/h4-7,11,19H,8-10H2,1-3H3. The van der Waals surface area contributed by atoms with Crippen LogP contribution in [0, 0.1) is 0 Å². The summed E-state index contributed by atoms with van der Waals surface area (Å²) in [6.07, 6.45) is -4.33. The summed E-state index contributed by atoms with van der Waals surface area (Å²) in [5, 5.41) is 2.92. The zero-order chi connectivity index (χ0) is 16.0. The maximum atomic E-state index is 13.0. The molecule has 0 aliphatic heterocycles. The summed E-state index contributed by atoms with van der Waals surface area (Å²) in [5.74, 6) is -0.637. The third-order valence-electron chi connectivity index (χ3n) is 3.40. The highest BCUT2D eigenvalue weighted by atomic mass is 19.4. The van der Waals surface area contributed by atoms with Gasteiger partial charge in [-0.05, 0) is 24.6 Å². The van der Waals surface area contributed by atoms with Crippen molar-refractivity contribution in [3.63, 3.8) is 0 Å². The maximum absolute atomic E-state index is 13.0. The third-order valence-corrected chi connectivity index (χ3v) is 3.40. The van der Waals surface area contributed by atoms with E-state index in [1.165, 1.54) is 17.0 Å². The lowest BCUT2D eigenvalue weighted by Crippen LogP contribution is -2.33. The van der Waals surface area contributed by atoms with E-state index in [-0.39, 0.29) is 17.9 Å². The molecule has 1 N–H and O–H groups in total. The molecule has 21 heavy (non-hydrogen) atoms. The van der Waals surface area contributed by atoms with Gasteiger partial charge in [-0.15, -0.1) is 0 Å². The van der Waals surface area contributed by atoms with Gasteiger partial charge in [-0.3, -0.25) is 4.79 Å². The van der Waals surface area contributed by atoms with Crippen molar-refractivity contribution in [2.24, 2.45) is 0 Å². The lowest BCUT2D eigenvalue weighted by atomic mass is 9.92. The highest BCUT2D eigenvalue weighted by Gasteiger charge is 2.34. The van der Waals surface area contributed by atoms with Crippen LogP contribution in [0.2, 0.25) is 0 Å². The molecule has 0 aliphatic carbocycles. The molecule has 0 aromatic heterocycles. The molecule has 1 aromatic carbocycles. The molecule has 0 fully saturated rings. The molecule has 1 aromatic rings. The first-order valence-electron chi connectivity index (χ1n) is 6.82. The SMILES string of the molecule is CNCCN(C)C(=O)CC(C)c1ccccc1C(F)(F)F. The molecule has 0 bridgehead atoms. The number of carbonyl (C=O) groups excluding carboxylic acids is 1. The van der Waals surface area contributed by atoms with E-state index in [0.29, 0.717) is 13.1 Å². The Morgan fingerprint density at radius 2 is 1.95 bits per heavy atom. The number of hydrogen-bond acceptors (Lipinski definition) is 2. The average molecular weight is 302 g/mol. The van der Waals surface area contributed by atoms with E-state index in [4.69, 9.17) is 0 Å². The first-order valence-corrected chi connectivity index (χ1v) is 6.82. The Balaban J connectivity index is 2.81. The largest absolute Gasteiger partial charge is 0.416 e. The van der Waals surface area contributed by atoms with Crippen LogP contribution in [-0.2, 0) is 11.0 Å². The molecule has 1 rings (SSSR count). The number of likely N-dealkylation sites (N-methyl/N-ethyl adjacent to an activating group) is 2. The second kappa shape index (κ2) is 7.45. The number of alkyl halides is 3. The van der Waals surface area contributed by atoms with Gasteiger partial charge in [0.05, 0.1) is 5.56 Å². The zero-order valence-electron chi connectivity index (χ0n) is 12.5. The summed E-state index contributed by atoms with van der Waals surface area (Å²) >= 11 is 0. The van der Waals surface area contributed by atoms with Crippen LogP contribution in [0.4, 0.5) is 13.2 Å². The monoisotopic (exact) mass is 302 g/mol. The molecule has 0 heterocycles. The van der Waals surface area contributed by atoms with Crippen molar-refractivity contribution in [3.05, 3.63) is 35.4 Å². The number of halogens is 3. The van der Waals surface area contributed by atoms with Gasteiger partial charge in [0.1, 0.15) is 0 Å². The Morgan fingerprint density at radius 3 is 2.52 bits per heavy atom. The van der Waals surface area contributed by atoms with Crippen LogP contribution in [0.25, 0.3) is 0 Å². The zero-order valence-corrected chi connectivity index (χ0v) is 12.5. The molecule has 0 saturated heterocycles. The topological polar surface area (TPSA) is 32.3 Å². The summed E-state index contributed by atoms with van der Waals surface area (Å²) in [5.41, 5.74) is -0.497. The minimum atomic E-state index is -4.40. The molecule has 0 saturated carbocycles. The number of nitrogens with zero attached hydrogens (tertiary/aromatic N) is 1. The van der Waals surface area contributed by atoms with E-state index in [1.807, 2.05) is 0 Å². The first-order chi connectivity index (χ1) is 9.77. The van der Waals surface area contributed by atoms with Crippen LogP contribution in [-0.4, -0.2) is 38.0 Å². The number of hydrogen-bond donors (Lipinski definition) is 1. The predicted molar refractivity (Wildman–Crippen MR) is 76.0 cm³/mol. The number of amides is 1. The number of carbonyl (C=O) groups is 1. The van der Waals surface area contributed by atoms with Crippen LogP contribution < -0.4 is 5.32 Å². The van der Waals surface area contributed by atoms with Crippen LogP contribution >= 0.6 is 0 Å². The number of nitrogens with one attached hydrogen (secondary N) is 1. The third kappa shape index (κ3) is 5.04. The summed E-state index contributed by atoms with van der Waals surface area (Å²) in [6, 6.07) is 5.42. The van der Waals surface area contributed by atoms with Gasteiger partial charge in [0.15, 0.2) is 0 Å². The molecule has 118 valence electrons. The summed E-state index contributed by atoms with van der Waals surface area (Å²) < 4.78 is 38.9. The van der Waals surface area contributed by atoms with E-state index < -0.39 is 17.7 Å². The van der Waals surface area contributed by atoms with E-state index in [1.54, 1.807) is 27.1 Å². The Morgan fingerprint density at radius 1 is 1.33 bits per heavy atom. The normalized spacial score (nSPS) is 13.0. The molecule has 0 spiro atoms.